The number of phenolic OH excluding ortho intramolecular Hbond substituents is 1. The summed E-state index contributed by atoms with van der Waals surface area (Å²) in [5.41, 5.74) is 10.6. The maximum absolute atomic E-state index is 12.1. The van der Waals surface area contributed by atoms with Gasteiger partial charge in [0.1, 0.15) is 11.9 Å². The van der Waals surface area contributed by atoms with Gasteiger partial charge in [0.05, 0.1) is 37.6 Å². The molecule has 11 N–H and O–H groups in total. The number of H-pyrrole nitrogens is 1. The van der Waals surface area contributed by atoms with E-state index in [0.717, 1.165) is 41.7 Å². The molecule has 1 aromatic carbocycles. The third kappa shape index (κ3) is 12.3. The van der Waals surface area contributed by atoms with Crippen molar-refractivity contribution < 1.29 is 40.1 Å². The average Bonchev–Trinajstić information content (AvgIpc) is 3.69. The number of allylic oxidation sites excluding steroid dienone is 3. The number of hydrogen-bond acceptors (Lipinski definition) is 13. The monoisotopic (exact) mass is 866 g/mol. The SMILES string of the molecule is CCC1C#CC2C=CC(c3ccc(O)c(OC4CC(Cc5ccc[nH]5)C5=CCNC(N)=C5CSSCC(CO)C4O)c3)CC(O)C2C(OCCO)CCC(NCC(C)O)C1. The van der Waals surface area contributed by atoms with Crippen LogP contribution in [0, 0.1) is 41.4 Å². The fourth-order valence-electron chi connectivity index (χ4n) is 9.14. The van der Waals surface area contributed by atoms with Crippen molar-refractivity contribution >= 4 is 21.6 Å². The first-order valence-electron chi connectivity index (χ1n) is 21.7. The lowest BCUT2D eigenvalue weighted by molar-refractivity contribution is -0.0611. The topological polar surface area (TPSA) is 206 Å². The summed E-state index contributed by atoms with van der Waals surface area (Å²) in [6.45, 7) is 4.76. The van der Waals surface area contributed by atoms with Crippen molar-refractivity contribution in [3.8, 4) is 23.3 Å². The minimum atomic E-state index is -1.05. The van der Waals surface area contributed by atoms with Crippen molar-refractivity contribution in [1.29, 1.82) is 0 Å². The molecule has 12 nitrogen and oxygen atoms in total. The van der Waals surface area contributed by atoms with Gasteiger partial charge >= 0.3 is 0 Å². The van der Waals surface area contributed by atoms with Crippen LogP contribution in [0.5, 0.6) is 11.5 Å². The van der Waals surface area contributed by atoms with Gasteiger partial charge in [-0.3, -0.25) is 0 Å². The molecule has 3 heterocycles. The number of aliphatic hydroxyl groups is 5. The predicted molar refractivity (Wildman–Crippen MR) is 239 cm³/mol. The maximum Gasteiger partial charge on any atom is 0.161 e. The van der Waals surface area contributed by atoms with Crippen molar-refractivity contribution in [2.45, 2.75) is 101 Å². The highest BCUT2D eigenvalue weighted by Gasteiger charge is 2.39. The Labute approximate surface area is 363 Å². The molecule has 1 fully saturated rings. The van der Waals surface area contributed by atoms with Crippen molar-refractivity contribution in [1.82, 2.24) is 15.6 Å². The molecule has 0 saturated carbocycles. The Morgan fingerprint density at radius 3 is 2.65 bits per heavy atom. The molecule has 14 heteroatoms. The normalized spacial score (nSPS) is 32.1. The van der Waals surface area contributed by atoms with Crippen LogP contribution in [0.15, 0.2) is 71.7 Å². The molecule has 1 aromatic heterocycles. The van der Waals surface area contributed by atoms with E-state index in [4.69, 9.17) is 15.2 Å². The summed E-state index contributed by atoms with van der Waals surface area (Å²) in [4.78, 5) is 3.34. The number of aromatic hydroxyl groups is 1. The summed E-state index contributed by atoms with van der Waals surface area (Å²) in [6, 6.07) is 9.38. The van der Waals surface area contributed by atoms with Crippen molar-refractivity contribution in [3.05, 3.63) is 83.0 Å². The van der Waals surface area contributed by atoms with Gasteiger partial charge in [0.2, 0.25) is 0 Å². The zero-order valence-corrected chi connectivity index (χ0v) is 36.6. The number of aromatic nitrogens is 1. The second-order valence-electron chi connectivity index (χ2n) is 16.8. The summed E-state index contributed by atoms with van der Waals surface area (Å²) >= 11 is 0. The molecule has 2 aliphatic carbocycles. The summed E-state index contributed by atoms with van der Waals surface area (Å²) in [5, 5.41) is 72.5. The number of benzene rings is 1. The lowest BCUT2D eigenvalue weighted by Gasteiger charge is -2.35. The number of dihydropyridines is 1. The van der Waals surface area contributed by atoms with Crippen LogP contribution in [-0.4, -0.2) is 117 Å². The standard InChI is InChI=1S/C46H66N4O8S2/c1-3-29-6-7-30-8-9-31(21-40(55)44(30)41(57-18-17-51)13-11-36(19-29)50-24-28(2)53)32-10-12-39(54)42(22-32)58-43-23-33(20-35-5-4-15-48-35)37-14-16-49-46(47)38(37)27-60-59-26-34(25-52)45(43)56/h4-5,8-10,12,14-15,22,28-31,33-34,36,40-41,43-45,48-56H,3,11,13,16-21,23-27,47H2,1-2H3. The number of fused-ring (bicyclic) bond motifs is 2. The Kier molecular flexibility index (Phi) is 17.7. The second kappa shape index (κ2) is 22.8. The molecule has 1 saturated heterocycles. The summed E-state index contributed by atoms with van der Waals surface area (Å²) in [7, 11) is 3.24. The van der Waals surface area contributed by atoms with E-state index < -0.39 is 30.3 Å². The van der Waals surface area contributed by atoms with Gasteiger partial charge in [-0.15, -0.1) is 0 Å². The van der Waals surface area contributed by atoms with Gasteiger partial charge in [-0.2, -0.15) is 0 Å². The van der Waals surface area contributed by atoms with Crippen LogP contribution in [0.2, 0.25) is 0 Å². The van der Waals surface area contributed by atoms with E-state index in [-0.39, 0.29) is 73.1 Å². The molecule has 2 aliphatic heterocycles. The highest BCUT2D eigenvalue weighted by Crippen LogP contribution is 2.42. The minimum absolute atomic E-state index is 0.0717. The van der Waals surface area contributed by atoms with Crippen molar-refractivity contribution in [2.75, 3.05) is 44.4 Å². The number of aliphatic hydroxyl groups excluding tert-OH is 5. The Morgan fingerprint density at radius 1 is 1.05 bits per heavy atom. The first-order chi connectivity index (χ1) is 29.1. The van der Waals surface area contributed by atoms with Gasteiger partial charge in [0.15, 0.2) is 11.5 Å². The number of aromatic amines is 1. The molecule has 0 radical (unpaired) electrons. The van der Waals surface area contributed by atoms with Crippen molar-refractivity contribution in [3.63, 3.8) is 0 Å². The van der Waals surface area contributed by atoms with E-state index in [1.807, 2.05) is 24.4 Å². The van der Waals surface area contributed by atoms with Crippen LogP contribution < -0.4 is 21.1 Å². The predicted octanol–water partition coefficient (Wildman–Crippen LogP) is 4.35. The largest absolute Gasteiger partial charge is 0.504 e. The smallest absolute Gasteiger partial charge is 0.161 e. The Hall–Kier alpha value is -3.10. The quantitative estimate of drug-likeness (QED) is 0.0774. The average molecular weight is 867 g/mol. The molecule has 60 heavy (non-hydrogen) atoms. The number of nitrogens with two attached hydrogens (primary N) is 1. The lowest BCUT2D eigenvalue weighted by Crippen LogP contribution is -2.42. The zero-order chi connectivity index (χ0) is 42.6. The second-order valence-corrected chi connectivity index (χ2v) is 19.3. The molecule has 330 valence electrons. The minimum Gasteiger partial charge on any atom is -0.504 e. The number of phenols is 1. The van der Waals surface area contributed by atoms with E-state index in [0.29, 0.717) is 56.1 Å². The molecule has 4 aliphatic rings. The van der Waals surface area contributed by atoms with Crippen LogP contribution in [0.25, 0.3) is 0 Å². The lowest BCUT2D eigenvalue weighted by atomic mass is 9.78. The fraction of sp³-hybridized carbons (Fsp3) is 0.609. The van der Waals surface area contributed by atoms with Gasteiger partial charge in [-0.1, -0.05) is 64.6 Å². The van der Waals surface area contributed by atoms with Crippen molar-refractivity contribution in [2.24, 2.45) is 35.3 Å². The molecule has 2 aromatic rings. The third-order valence-electron chi connectivity index (χ3n) is 12.5. The molecule has 12 unspecified atom stereocenters. The molecule has 0 spiro atoms. The van der Waals surface area contributed by atoms with Crippen LogP contribution in [0.4, 0.5) is 0 Å². The van der Waals surface area contributed by atoms with Crippen LogP contribution in [0.3, 0.4) is 0 Å². The Morgan fingerprint density at radius 2 is 1.90 bits per heavy atom. The molecule has 12 atom stereocenters. The van der Waals surface area contributed by atoms with Gasteiger partial charge < -0.3 is 61.5 Å². The van der Waals surface area contributed by atoms with Crippen LogP contribution in [0.1, 0.15) is 69.5 Å². The zero-order valence-electron chi connectivity index (χ0n) is 34.9. The number of ether oxygens (including phenoxy) is 2. The molecule has 0 bridgehead atoms. The summed E-state index contributed by atoms with van der Waals surface area (Å²) in [5.74, 6) is 7.68. The highest BCUT2D eigenvalue weighted by molar-refractivity contribution is 8.76. The van der Waals surface area contributed by atoms with E-state index in [9.17, 15) is 30.6 Å². The highest BCUT2D eigenvalue weighted by atomic mass is 33.1. The number of nitrogens with one attached hydrogen (secondary N) is 3. The van der Waals surface area contributed by atoms with Crippen LogP contribution in [-0.2, 0) is 11.2 Å². The molecular weight excluding hydrogens is 801 g/mol. The first-order valence-corrected chi connectivity index (χ1v) is 24.2. The van der Waals surface area contributed by atoms with Gasteiger partial charge in [0.25, 0.3) is 0 Å². The first kappa shape index (κ1) is 46.4. The van der Waals surface area contributed by atoms with Gasteiger partial charge in [-0.25, -0.2) is 0 Å². The van der Waals surface area contributed by atoms with E-state index >= 15 is 0 Å². The maximum atomic E-state index is 12.1. The molecule has 0 amide bonds. The third-order valence-corrected chi connectivity index (χ3v) is 14.9. The van der Waals surface area contributed by atoms with E-state index in [2.05, 4.69) is 52.6 Å². The molecule has 6 rings (SSSR count). The summed E-state index contributed by atoms with van der Waals surface area (Å²) in [6.07, 6.45) is 9.31. The van der Waals surface area contributed by atoms with Crippen LogP contribution >= 0.6 is 21.6 Å². The number of hydrogen-bond donors (Lipinski definition) is 10. The molecular formula is C46H66N4O8S2. The summed E-state index contributed by atoms with van der Waals surface area (Å²) < 4.78 is 13.0. The number of rotatable bonds is 13. The fourth-order valence-corrected chi connectivity index (χ4v) is 11.6. The van der Waals surface area contributed by atoms with Gasteiger partial charge in [-0.05, 0) is 93.2 Å². The Bertz CT molecular complexity index is 1810. The van der Waals surface area contributed by atoms with E-state index in [1.165, 1.54) is 0 Å². The Balaban J connectivity index is 1.30. The van der Waals surface area contributed by atoms with Gasteiger partial charge in [0, 0.05) is 84.3 Å². The van der Waals surface area contributed by atoms with E-state index in [1.54, 1.807) is 40.6 Å².